The highest BCUT2D eigenvalue weighted by Gasteiger charge is 2.13. The van der Waals surface area contributed by atoms with Gasteiger partial charge in [-0.3, -0.25) is 0 Å². The molecule has 7 nitrogen and oxygen atoms in total. The number of hydrogen-bond acceptors (Lipinski definition) is 5. The Bertz CT molecular complexity index is 1010. The highest BCUT2D eigenvalue weighted by Crippen LogP contribution is 2.32. The summed E-state index contributed by atoms with van der Waals surface area (Å²) >= 11 is 6.15. The van der Waals surface area contributed by atoms with E-state index in [1.165, 1.54) is 6.33 Å². The minimum absolute atomic E-state index is 0.507. The molecule has 0 unspecified atom stereocenters. The van der Waals surface area contributed by atoms with Crippen LogP contribution in [0.15, 0.2) is 49.1 Å². The van der Waals surface area contributed by atoms with Gasteiger partial charge in [-0.2, -0.15) is 5.10 Å². The lowest BCUT2D eigenvalue weighted by Gasteiger charge is -2.12. The zero-order valence-electron chi connectivity index (χ0n) is 13.5. The molecule has 0 saturated carbocycles. The van der Waals surface area contributed by atoms with E-state index in [1.54, 1.807) is 17.1 Å². The van der Waals surface area contributed by atoms with Gasteiger partial charge in [0.15, 0.2) is 11.3 Å². The Morgan fingerprint density at radius 3 is 2.88 bits per heavy atom. The SMILES string of the molecule is CCn1nnc2c(Oc3ccc(Cl)cc3Cn3cncn3)cccc21. The second-order valence-electron chi connectivity index (χ2n) is 5.48. The van der Waals surface area contributed by atoms with Crippen LogP contribution in [-0.2, 0) is 13.1 Å². The van der Waals surface area contributed by atoms with Crippen molar-refractivity contribution < 1.29 is 4.74 Å². The van der Waals surface area contributed by atoms with Gasteiger partial charge >= 0.3 is 0 Å². The first kappa shape index (κ1) is 15.6. The van der Waals surface area contributed by atoms with Crippen molar-refractivity contribution in [3.63, 3.8) is 0 Å². The van der Waals surface area contributed by atoms with Crippen LogP contribution in [0.25, 0.3) is 11.0 Å². The molecular formula is C17H15ClN6O. The van der Waals surface area contributed by atoms with E-state index < -0.39 is 0 Å². The Hall–Kier alpha value is -2.93. The number of hydrogen-bond donors (Lipinski definition) is 0. The Kier molecular flexibility index (Phi) is 4.07. The zero-order valence-corrected chi connectivity index (χ0v) is 14.3. The van der Waals surface area contributed by atoms with E-state index in [1.807, 2.05) is 41.9 Å². The van der Waals surface area contributed by atoms with E-state index >= 15 is 0 Å². The first-order chi connectivity index (χ1) is 12.2. The summed E-state index contributed by atoms with van der Waals surface area (Å²) in [5.41, 5.74) is 2.57. The molecule has 2 aromatic heterocycles. The molecule has 0 amide bonds. The van der Waals surface area contributed by atoms with Gasteiger partial charge in [0.1, 0.15) is 18.4 Å². The van der Waals surface area contributed by atoms with Gasteiger partial charge < -0.3 is 4.74 Å². The van der Waals surface area contributed by atoms with Crippen molar-refractivity contribution in [2.45, 2.75) is 20.0 Å². The molecule has 0 radical (unpaired) electrons. The third-order valence-electron chi connectivity index (χ3n) is 3.85. The molecule has 0 aliphatic rings. The smallest absolute Gasteiger partial charge is 0.157 e. The van der Waals surface area contributed by atoms with Crippen LogP contribution in [0, 0.1) is 0 Å². The van der Waals surface area contributed by atoms with Crippen molar-refractivity contribution in [1.29, 1.82) is 0 Å². The summed E-state index contributed by atoms with van der Waals surface area (Å²) in [5.74, 6) is 1.35. The zero-order chi connectivity index (χ0) is 17.2. The fourth-order valence-electron chi connectivity index (χ4n) is 2.66. The quantitative estimate of drug-likeness (QED) is 0.548. The second kappa shape index (κ2) is 6.52. The van der Waals surface area contributed by atoms with E-state index in [9.17, 15) is 0 Å². The molecule has 0 fully saturated rings. The average molecular weight is 355 g/mol. The third kappa shape index (κ3) is 3.06. The topological polar surface area (TPSA) is 70.7 Å². The first-order valence-electron chi connectivity index (χ1n) is 7.85. The summed E-state index contributed by atoms with van der Waals surface area (Å²) in [6.07, 6.45) is 3.15. The van der Waals surface area contributed by atoms with Crippen LogP contribution in [0.5, 0.6) is 11.5 Å². The van der Waals surface area contributed by atoms with Crippen molar-refractivity contribution in [2.75, 3.05) is 0 Å². The molecule has 0 atom stereocenters. The number of fused-ring (bicyclic) bond motifs is 1. The molecule has 0 N–H and O–H groups in total. The minimum Gasteiger partial charge on any atom is -0.455 e. The van der Waals surface area contributed by atoms with Crippen LogP contribution in [0.1, 0.15) is 12.5 Å². The van der Waals surface area contributed by atoms with Crippen molar-refractivity contribution in [2.24, 2.45) is 0 Å². The van der Waals surface area contributed by atoms with E-state index in [0.717, 1.165) is 23.1 Å². The second-order valence-corrected chi connectivity index (χ2v) is 5.91. The van der Waals surface area contributed by atoms with Gasteiger partial charge in [0.05, 0.1) is 12.1 Å². The van der Waals surface area contributed by atoms with Crippen LogP contribution in [0.2, 0.25) is 5.02 Å². The maximum atomic E-state index is 6.15. The summed E-state index contributed by atoms with van der Waals surface area (Å²) in [6.45, 7) is 3.28. The van der Waals surface area contributed by atoms with Gasteiger partial charge in [-0.1, -0.05) is 22.9 Å². The van der Waals surface area contributed by atoms with Gasteiger partial charge in [-0.05, 0) is 37.3 Å². The van der Waals surface area contributed by atoms with Crippen molar-refractivity contribution >= 4 is 22.6 Å². The highest BCUT2D eigenvalue weighted by molar-refractivity contribution is 6.30. The number of benzene rings is 2. The molecule has 4 aromatic rings. The van der Waals surface area contributed by atoms with E-state index in [-0.39, 0.29) is 0 Å². The molecule has 2 aromatic carbocycles. The Balaban J connectivity index is 1.72. The van der Waals surface area contributed by atoms with E-state index in [2.05, 4.69) is 20.4 Å². The van der Waals surface area contributed by atoms with E-state index in [4.69, 9.17) is 16.3 Å². The predicted octanol–water partition coefficient (Wildman–Crippen LogP) is 3.54. The molecule has 0 bridgehead atoms. The molecule has 126 valence electrons. The number of halogens is 1. The summed E-state index contributed by atoms with van der Waals surface area (Å²) in [7, 11) is 0. The lowest BCUT2D eigenvalue weighted by Crippen LogP contribution is -2.02. The maximum Gasteiger partial charge on any atom is 0.157 e. The van der Waals surface area contributed by atoms with Crippen molar-refractivity contribution in [3.05, 3.63) is 59.6 Å². The summed E-state index contributed by atoms with van der Waals surface area (Å²) in [6, 6.07) is 11.3. The molecular weight excluding hydrogens is 340 g/mol. The molecule has 25 heavy (non-hydrogen) atoms. The van der Waals surface area contributed by atoms with Crippen LogP contribution >= 0.6 is 11.6 Å². The molecule has 0 saturated heterocycles. The van der Waals surface area contributed by atoms with E-state index in [0.29, 0.717) is 23.1 Å². The predicted molar refractivity (Wildman–Crippen MR) is 93.9 cm³/mol. The number of rotatable bonds is 5. The summed E-state index contributed by atoms with van der Waals surface area (Å²) in [4.78, 5) is 3.96. The third-order valence-corrected chi connectivity index (χ3v) is 4.08. The maximum absolute atomic E-state index is 6.15. The standard InChI is InChI=1S/C17H15ClN6O/c1-2-24-14-4-3-5-16(17(14)21-22-24)25-15-7-6-13(18)8-12(15)9-23-11-19-10-20-23/h3-8,10-11H,2,9H2,1H3. The van der Waals surface area contributed by atoms with Crippen molar-refractivity contribution in [1.82, 2.24) is 29.8 Å². The normalized spacial score (nSPS) is 11.1. The monoisotopic (exact) mass is 354 g/mol. The number of ether oxygens (including phenoxy) is 1. The van der Waals surface area contributed by atoms with Gasteiger partial charge in [0, 0.05) is 17.1 Å². The van der Waals surface area contributed by atoms with Crippen LogP contribution in [-0.4, -0.2) is 29.8 Å². The largest absolute Gasteiger partial charge is 0.455 e. The van der Waals surface area contributed by atoms with Gasteiger partial charge in [-0.25, -0.2) is 14.3 Å². The van der Waals surface area contributed by atoms with Gasteiger partial charge in [0.25, 0.3) is 0 Å². The number of nitrogens with zero attached hydrogens (tertiary/aromatic N) is 6. The molecule has 2 heterocycles. The summed E-state index contributed by atoms with van der Waals surface area (Å²) in [5, 5.41) is 13.2. The number of aryl methyl sites for hydroxylation is 1. The lowest BCUT2D eigenvalue weighted by molar-refractivity contribution is 0.476. The van der Waals surface area contributed by atoms with Gasteiger partial charge in [-0.15, -0.1) is 5.10 Å². The Morgan fingerprint density at radius 1 is 1.16 bits per heavy atom. The van der Waals surface area contributed by atoms with Crippen LogP contribution in [0.4, 0.5) is 0 Å². The Labute approximate surface area is 148 Å². The summed E-state index contributed by atoms with van der Waals surface area (Å²) < 4.78 is 9.70. The number of aromatic nitrogens is 6. The fraction of sp³-hybridized carbons (Fsp3) is 0.176. The molecule has 4 rings (SSSR count). The minimum atomic E-state index is 0.507. The molecule has 0 spiro atoms. The van der Waals surface area contributed by atoms with Crippen LogP contribution < -0.4 is 4.74 Å². The van der Waals surface area contributed by atoms with Crippen molar-refractivity contribution in [3.8, 4) is 11.5 Å². The molecule has 0 aliphatic carbocycles. The first-order valence-corrected chi connectivity index (χ1v) is 8.23. The lowest BCUT2D eigenvalue weighted by atomic mass is 10.2. The Morgan fingerprint density at radius 2 is 2.08 bits per heavy atom. The van der Waals surface area contributed by atoms with Gasteiger partial charge in [0.2, 0.25) is 0 Å². The molecule has 0 aliphatic heterocycles. The fourth-order valence-corrected chi connectivity index (χ4v) is 2.86. The highest BCUT2D eigenvalue weighted by atomic mass is 35.5. The van der Waals surface area contributed by atoms with Crippen LogP contribution in [0.3, 0.4) is 0 Å². The molecule has 8 heteroatoms. The average Bonchev–Trinajstić information content (AvgIpc) is 3.27.